The molecule has 0 unspecified atom stereocenters. The zero-order valence-electron chi connectivity index (χ0n) is 35.5. The van der Waals surface area contributed by atoms with Crippen molar-refractivity contribution >= 4 is 52.6 Å². The van der Waals surface area contributed by atoms with Gasteiger partial charge < -0.3 is 30.8 Å². The lowest BCUT2D eigenvalue weighted by atomic mass is 9.96. The molecule has 0 saturated heterocycles. The number of amides is 3. The van der Waals surface area contributed by atoms with Crippen LogP contribution in [0.4, 0.5) is 25.0 Å². The van der Waals surface area contributed by atoms with E-state index in [1.54, 1.807) is 18.9 Å². The zero-order valence-corrected chi connectivity index (χ0v) is 36.3. The summed E-state index contributed by atoms with van der Waals surface area (Å²) >= 11 is 1.53. The van der Waals surface area contributed by atoms with Gasteiger partial charge in [-0.2, -0.15) is 0 Å². The van der Waals surface area contributed by atoms with Crippen molar-refractivity contribution in [2.75, 3.05) is 36.9 Å². The van der Waals surface area contributed by atoms with Crippen LogP contribution in [-0.2, 0) is 16.9 Å². The summed E-state index contributed by atoms with van der Waals surface area (Å²) in [4.78, 5) is 51.4. The maximum Gasteiger partial charge on any atom is 0.321 e. The van der Waals surface area contributed by atoms with Crippen LogP contribution in [0.1, 0.15) is 72.1 Å². The number of aromatic nitrogens is 3. The maximum atomic E-state index is 15.1. The van der Waals surface area contributed by atoms with E-state index in [9.17, 15) is 23.9 Å². The Hall–Kier alpha value is -6.00. The average molecular weight is 863 g/mol. The number of fused-ring (bicyclic) bond motifs is 1. The number of urea groups is 1. The molecule has 0 aliphatic heterocycles. The van der Waals surface area contributed by atoms with Crippen LogP contribution in [0, 0.1) is 25.5 Å². The minimum Gasteiger partial charge on any atom is -0.386 e. The lowest BCUT2D eigenvalue weighted by Gasteiger charge is -2.24. The maximum absolute atomic E-state index is 15.1. The van der Waals surface area contributed by atoms with Gasteiger partial charge in [-0.25, -0.2) is 23.5 Å². The first-order valence-corrected chi connectivity index (χ1v) is 21.3. The number of hydrogen-bond acceptors (Lipinski definition) is 9. The number of aryl methyl sites for hydroxylation is 1. The van der Waals surface area contributed by atoms with Crippen molar-refractivity contribution in [2.24, 2.45) is 0 Å². The number of rotatable bonds is 19. The van der Waals surface area contributed by atoms with Gasteiger partial charge in [-0.1, -0.05) is 42.8 Å². The van der Waals surface area contributed by atoms with E-state index in [1.165, 1.54) is 56.4 Å². The van der Waals surface area contributed by atoms with Crippen LogP contribution in [0.2, 0.25) is 0 Å². The van der Waals surface area contributed by atoms with Gasteiger partial charge in [-0.05, 0) is 129 Å². The van der Waals surface area contributed by atoms with Gasteiger partial charge in [-0.3, -0.25) is 14.4 Å². The van der Waals surface area contributed by atoms with Gasteiger partial charge in [0, 0.05) is 66.0 Å². The smallest absolute Gasteiger partial charge is 0.321 e. The Kier molecular flexibility index (Phi) is 15.2. The Balaban J connectivity index is 0.996. The van der Waals surface area contributed by atoms with Crippen molar-refractivity contribution in [1.29, 1.82) is 0 Å². The first-order chi connectivity index (χ1) is 29.8. The normalized spacial score (nSPS) is 11.5. The van der Waals surface area contributed by atoms with Crippen LogP contribution < -0.4 is 25.6 Å². The first-order valence-electron chi connectivity index (χ1n) is 20.5. The largest absolute Gasteiger partial charge is 0.386 e. The van der Waals surface area contributed by atoms with E-state index < -0.39 is 23.1 Å². The van der Waals surface area contributed by atoms with E-state index in [-0.39, 0.29) is 23.7 Å². The second-order valence-corrected chi connectivity index (χ2v) is 16.5. The standard InChI is InChI=1S/C47H52F2N8O4S/c1-29-10-16-35(25-42(29)57(20-9-21-58)46(60)50-5)62-54-19-8-6-7-18-51-27-31-11-13-32(14-12-31)41-26-38-43(52-28-53-44(38)55-41)37-23-34(48)24-40(30(37)2)56-45(59)36-17-15-33(22-39(36)49)47(3,4)61/h10-17,21-26,28,51,54,61H,6-9,18-20,27H2,1-5H3,(H,50,60)(H,56,59)(H,52,53,55). The number of aromatic amines is 1. The lowest BCUT2D eigenvalue weighted by molar-refractivity contribution is -0.107. The first kappa shape index (κ1) is 45.5. The van der Waals surface area contributed by atoms with E-state index in [0.29, 0.717) is 40.0 Å². The average Bonchev–Trinajstić information content (AvgIpc) is 3.70. The zero-order chi connectivity index (χ0) is 44.4. The van der Waals surface area contributed by atoms with Crippen molar-refractivity contribution in [3.05, 3.63) is 125 Å². The summed E-state index contributed by atoms with van der Waals surface area (Å²) in [5.41, 5.74) is 5.62. The molecule has 0 spiro atoms. The van der Waals surface area contributed by atoms with Gasteiger partial charge in [0.05, 0.1) is 16.9 Å². The Morgan fingerprint density at radius 2 is 1.71 bits per heavy atom. The number of hydrogen-bond donors (Lipinski definition) is 6. The molecule has 0 aliphatic rings. The van der Waals surface area contributed by atoms with Gasteiger partial charge in [0.2, 0.25) is 0 Å². The molecule has 3 amide bonds. The number of aldehydes is 1. The molecule has 62 heavy (non-hydrogen) atoms. The van der Waals surface area contributed by atoms with Crippen molar-refractivity contribution < 1.29 is 28.3 Å². The fourth-order valence-corrected chi connectivity index (χ4v) is 7.74. The molecule has 6 N–H and O–H groups in total. The molecule has 324 valence electrons. The minimum atomic E-state index is -1.29. The van der Waals surface area contributed by atoms with Crippen molar-refractivity contribution in [1.82, 2.24) is 30.3 Å². The monoisotopic (exact) mass is 862 g/mol. The van der Waals surface area contributed by atoms with E-state index in [2.05, 4.69) is 47.8 Å². The lowest BCUT2D eigenvalue weighted by Crippen LogP contribution is -2.39. The summed E-state index contributed by atoms with van der Waals surface area (Å²) < 4.78 is 33.5. The number of aliphatic hydroxyl groups is 1. The number of nitrogens with zero attached hydrogens (tertiary/aromatic N) is 3. The summed E-state index contributed by atoms with van der Waals surface area (Å²) in [5.74, 6) is -2.16. The second-order valence-electron chi connectivity index (χ2n) is 15.5. The number of benzene rings is 4. The fraction of sp³-hybridized carbons (Fsp3) is 0.298. The highest BCUT2D eigenvalue weighted by Crippen LogP contribution is 2.35. The topological polar surface area (TPSA) is 164 Å². The highest BCUT2D eigenvalue weighted by Gasteiger charge is 2.22. The molecule has 6 aromatic rings. The van der Waals surface area contributed by atoms with Crippen LogP contribution in [0.25, 0.3) is 33.5 Å². The number of carbonyl (C=O) groups excluding carboxylic acids is 3. The van der Waals surface area contributed by atoms with E-state index in [4.69, 9.17) is 0 Å². The SMILES string of the molecule is CNC(=O)N(CCC=O)c1cc(SNCCCCCNCc2ccc(-c3cc4c(-c5cc(F)cc(NC(=O)c6ccc(C(C)(C)O)cc6F)c5C)ncnc4[nH]3)cc2)ccc1C. The summed E-state index contributed by atoms with van der Waals surface area (Å²) in [5, 5.41) is 19.7. The summed E-state index contributed by atoms with van der Waals surface area (Å²) in [6, 6.07) is 22.3. The van der Waals surface area contributed by atoms with Crippen molar-refractivity contribution in [3.63, 3.8) is 0 Å². The third kappa shape index (κ3) is 11.3. The minimum absolute atomic E-state index is 0.171. The van der Waals surface area contributed by atoms with Gasteiger partial charge in [0.1, 0.15) is 29.9 Å². The number of carbonyl (C=O) groups is 3. The van der Waals surface area contributed by atoms with Crippen LogP contribution in [-0.4, -0.2) is 65.0 Å². The molecule has 15 heteroatoms. The molecule has 0 radical (unpaired) electrons. The molecule has 2 aromatic heterocycles. The quantitative estimate of drug-likeness (QED) is 0.0265. The van der Waals surface area contributed by atoms with Crippen molar-refractivity contribution in [2.45, 2.75) is 70.4 Å². The molecule has 2 heterocycles. The second kappa shape index (κ2) is 20.7. The summed E-state index contributed by atoms with van der Waals surface area (Å²) in [7, 11) is 1.58. The molecule has 0 fully saturated rings. The summed E-state index contributed by atoms with van der Waals surface area (Å²) in [6.07, 6.45) is 5.59. The number of halogens is 2. The molecule has 0 bridgehead atoms. The van der Waals surface area contributed by atoms with Crippen LogP contribution in [0.5, 0.6) is 0 Å². The van der Waals surface area contributed by atoms with E-state index >= 15 is 4.39 Å². The van der Waals surface area contributed by atoms with Crippen molar-refractivity contribution in [3.8, 4) is 22.5 Å². The molecule has 0 saturated carbocycles. The predicted octanol–water partition coefficient (Wildman–Crippen LogP) is 8.96. The van der Waals surface area contributed by atoms with Gasteiger partial charge in [0.25, 0.3) is 5.91 Å². The van der Waals surface area contributed by atoms with Gasteiger partial charge >= 0.3 is 6.03 Å². The van der Waals surface area contributed by atoms with Gasteiger partial charge in [-0.15, -0.1) is 0 Å². The number of H-pyrrole nitrogens is 1. The predicted molar refractivity (Wildman–Crippen MR) is 242 cm³/mol. The number of anilines is 2. The molecule has 0 aliphatic carbocycles. The van der Waals surface area contributed by atoms with Gasteiger partial charge in [0.15, 0.2) is 0 Å². The number of unbranched alkanes of at least 4 members (excludes halogenated alkanes) is 2. The highest BCUT2D eigenvalue weighted by atomic mass is 32.2. The van der Waals surface area contributed by atoms with Crippen LogP contribution >= 0.6 is 11.9 Å². The Morgan fingerprint density at radius 3 is 2.44 bits per heavy atom. The molecule has 0 atom stereocenters. The number of nitrogens with one attached hydrogen (secondary N) is 5. The molecular formula is C47H52F2N8O4S. The highest BCUT2D eigenvalue weighted by molar-refractivity contribution is 7.97. The molecule has 12 nitrogen and oxygen atoms in total. The van der Waals surface area contributed by atoms with E-state index in [0.717, 1.165) is 84.2 Å². The third-order valence-corrected chi connectivity index (χ3v) is 11.4. The third-order valence-electron chi connectivity index (χ3n) is 10.5. The fourth-order valence-electron chi connectivity index (χ4n) is 7.02. The molecular weight excluding hydrogens is 811 g/mol. The summed E-state index contributed by atoms with van der Waals surface area (Å²) in [6.45, 7) is 9.49. The Morgan fingerprint density at radius 1 is 0.935 bits per heavy atom. The Labute approximate surface area is 364 Å². The molecule has 4 aromatic carbocycles. The Bertz CT molecular complexity index is 2540. The van der Waals surface area contributed by atoms with Crippen LogP contribution in [0.3, 0.4) is 0 Å². The molecule has 6 rings (SSSR count). The van der Waals surface area contributed by atoms with E-state index in [1.807, 2.05) is 43.3 Å². The van der Waals surface area contributed by atoms with Crippen LogP contribution in [0.15, 0.2) is 90.1 Å².